The number of alkyl halides is 1. The molecule has 4 aromatic carbocycles. The lowest BCUT2D eigenvalue weighted by molar-refractivity contribution is -0.238. The first-order chi connectivity index (χ1) is 50.2. The van der Waals surface area contributed by atoms with Crippen molar-refractivity contribution in [1.82, 2.24) is 24.2 Å². The first kappa shape index (κ1) is 80.0. The number of carbonyl (C=O) groups is 7. The summed E-state index contributed by atoms with van der Waals surface area (Å²) in [7, 11) is -2.56. The van der Waals surface area contributed by atoms with E-state index < -0.39 is 147 Å². The van der Waals surface area contributed by atoms with Crippen LogP contribution in [0.15, 0.2) is 115 Å². The third kappa shape index (κ3) is 18.5. The molecule has 11 N–H and O–H groups in total. The van der Waals surface area contributed by atoms with Crippen LogP contribution in [0.4, 0.5) is 11.4 Å². The smallest absolute Gasteiger partial charge is 0.497 e. The second-order valence-electron chi connectivity index (χ2n) is 28.8. The van der Waals surface area contributed by atoms with Crippen LogP contribution in [-0.4, -0.2) is 230 Å². The van der Waals surface area contributed by atoms with E-state index in [-0.39, 0.29) is 102 Å². The zero-order valence-corrected chi connectivity index (χ0v) is 61.7. The van der Waals surface area contributed by atoms with Crippen molar-refractivity contribution >= 4 is 91.1 Å². The van der Waals surface area contributed by atoms with Crippen LogP contribution in [0.25, 0.3) is 16.4 Å². The van der Waals surface area contributed by atoms with Gasteiger partial charge in [-0.25, -0.2) is 15.6 Å². The first-order valence-corrected chi connectivity index (χ1v) is 35.6. The minimum absolute atomic E-state index is 0.0193. The number of imide groups is 1. The number of ketones is 1. The maximum atomic E-state index is 15.0. The number of ether oxygens (including phenoxy) is 7. The average molecular weight is 1530 g/mol. The van der Waals surface area contributed by atoms with E-state index in [0.717, 1.165) is 17.0 Å². The molecule has 9 atom stereocenters. The number of hydrogen-bond acceptors (Lipinski definition) is 27. The molecule has 2 aromatic heterocycles. The number of carboxylic acids is 1. The Kier molecular flexibility index (Phi) is 23.7. The van der Waals surface area contributed by atoms with E-state index in [0.29, 0.717) is 23.1 Å². The zero-order valence-electron chi connectivity index (χ0n) is 60.1. The molecule has 107 heavy (non-hydrogen) atoms. The summed E-state index contributed by atoms with van der Waals surface area (Å²) in [5.74, 6) is -0.386. The topological polar surface area (TPSA) is 452 Å². The predicted octanol–water partition coefficient (Wildman–Crippen LogP) is 3.88. The molecule has 4 aliphatic heterocycles. The number of aliphatic carboxylic acids is 1. The first-order valence-electron chi connectivity index (χ1n) is 33.8. The number of imidazole rings is 1. The number of amides is 5. The highest BCUT2D eigenvalue weighted by Crippen LogP contribution is 2.49. The number of rotatable bonds is 30. The Morgan fingerprint density at radius 2 is 1.47 bits per heavy atom. The number of anilines is 2. The molecule has 2 saturated heterocycles. The van der Waals surface area contributed by atoms with Gasteiger partial charge in [-0.15, -0.1) is 20.0 Å². The maximum Gasteiger partial charge on any atom is 0.501 e. The number of nitrogens with two attached hydrogens (primary N) is 2. The Bertz CT molecular complexity index is 4570. The van der Waals surface area contributed by atoms with Gasteiger partial charge in [-0.1, -0.05) is 13.8 Å². The number of aliphatic hydroxyl groups is 5. The van der Waals surface area contributed by atoms with Gasteiger partial charge in [-0.05, 0) is 132 Å². The number of aliphatic hydroxyl groups excluding tert-OH is 5. The van der Waals surface area contributed by atoms with Gasteiger partial charge in [0.15, 0.2) is 23.4 Å². The molecule has 6 heterocycles. The Hall–Kier alpha value is -9.56. The SMILES string of the molecule is COc1ccc2c(OS(=O)(=O)Oc3cc(C(=O)N(C)CC(C)(C)OC(C)(C)CN(N)/C=C(\N)C(C)(C)OCC(C)(C)CN4C(=O)C=CC4=O)ccc3O[C@@H]3O[C@H](CO)[C@H](O)[C@H](O)C3=O)cc3c(c2c1)C(CCCl)CN3C(=O)c1cn2cc(NC(=O)c3ccc(O[C@@H]4OC(C(=O)O)C[C@H](O)[C@H]4O)cc3)ccc2n1. The average Bonchev–Trinajstić information content (AvgIpc) is 1.61. The van der Waals surface area contributed by atoms with Gasteiger partial charge in [0.25, 0.3) is 35.8 Å². The van der Waals surface area contributed by atoms with Crippen molar-refractivity contribution in [3.63, 3.8) is 0 Å². The fraction of sp³-hybridized carbons (Fsp3) is 0.444. The molecule has 4 aliphatic rings. The van der Waals surface area contributed by atoms with Crippen LogP contribution >= 0.6 is 11.6 Å². The standard InChI is InChI=1S/C72H86ClN9O24S/c1-69(2,34-82-56(85)21-22-57(82)86)37-99-72(7,8)54(74)32-80(75)36-71(5,6)106-70(3,4)35-78(9)64(92)39-13-19-49(101-68-62(90)61(89)60(88)53(33-83)103-68)51(25-39)105-107(96,97)104-50-27-47-58(45-26-43(98-10)17-18-44(45)50)40(23-24-73)29-81(47)65(93)46-31-79-30-41(14-20-55(79)77-46)76-63(91)38-11-15-42(16-12-38)100-67-59(87)48(84)28-52(102-67)66(94)95/h11-22,25-27,30-32,40,48,52-53,59-61,67-68,83-84,87-89H,23-24,28-29,33-37,74-75H2,1-10H3,(H,76,91)(H,94,95)/b54-32-/t40?,48-,52?,53+,59+,60-,61-,67+,68+/m0/s1. The number of methoxy groups -OCH3 is 1. The van der Waals surface area contributed by atoms with Gasteiger partial charge in [0.1, 0.15) is 52.9 Å². The number of nitrogens with zero attached hydrogens (tertiary/aromatic N) is 6. The lowest BCUT2D eigenvalue weighted by atomic mass is 9.92. The van der Waals surface area contributed by atoms with Crippen molar-refractivity contribution in [2.75, 3.05) is 69.6 Å². The summed E-state index contributed by atoms with van der Waals surface area (Å²) in [6.07, 6.45) is -6.70. The number of halogens is 1. The number of hydrogen-bond donors (Lipinski definition) is 9. The van der Waals surface area contributed by atoms with Crippen molar-refractivity contribution < 1.29 is 114 Å². The van der Waals surface area contributed by atoms with Crippen molar-refractivity contribution in [2.45, 2.75) is 140 Å². The molecule has 2 fully saturated rings. The van der Waals surface area contributed by atoms with Gasteiger partial charge in [-0.3, -0.25) is 33.7 Å². The number of carbonyl (C=O) groups excluding carboxylic acids is 6. The lowest BCUT2D eigenvalue weighted by Gasteiger charge is -2.40. The highest BCUT2D eigenvalue weighted by Gasteiger charge is 2.46. The van der Waals surface area contributed by atoms with E-state index in [9.17, 15) is 72.6 Å². The predicted molar refractivity (Wildman–Crippen MR) is 382 cm³/mol. The summed E-state index contributed by atoms with van der Waals surface area (Å²) in [5.41, 5.74) is 4.11. The largest absolute Gasteiger partial charge is 0.501 e. The van der Waals surface area contributed by atoms with E-state index >= 15 is 0 Å². The second kappa shape index (κ2) is 31.7. The molecule has 10 rings (SSSR count). The Morgan fingerprint density at radius 1 is 0.804 bits per heavy atom. The van der Waals surface area contributed by atoms with Crippen LogP contribution in [0.3, 0.4) is 0 Å². The number of likely N-dealkylation sites (N-methyl/N-ethyl adjacent to an activating group) is 1. The van der Waals surface area contributed by atoms with E-state index in [1.807, 2.05) is 13.8 Å². The summed E-state index contributed by atoms with van der Waals surface area (Å²) in [6.45, 7) is 13.5. The normalized spacial score (nSPS) is 21.6. The van der Waals surface area contributed by atoms with Crippen LogP contribution in [0, 0.1) is 5.41 Å². The lowest BCUT2D eigenvalue weighted by Crippen LogP contribution is -2.57. The summed E-state index contributed by atoms with van der Waals surface area (Å²) in [5, 5.41) is 65.8. The Morgan fingerprint density at radius 3 is 2.13 bits per heavy atom. The molecule has 2 unspecified atom stereocenters. The zero-order chi connectivity index (χ0) is 78.2. The maximum absolute atomic E-state index is 15.0. The third-order valence-corrected chi connectivity index (χ3v) is 19.0. The van der Waals surface area contributed by atoms with Gasteiger partial charge >= 0.3 is 16.4 Å². The van der Waals surface area contributed by atoms with Crippen LogP contribution in [0.5, 0.6) is 28.7 Å². The second-order valence-corrected chi connectivity index (χ2v) is 30.3. The molecule has 6 aromatic rings. The van der Waals surface area contributed by atoms with E-state index in [4.69, 9.17) is 64.7 Å². The number of hydrazine groups is 1. The summed E-state index contributed by atoms with van der Waals surface area (Å²) < 4.78 is 83.2. The number of carboxylic acid groups (broad SMARTS) is 1. The molecule has 0 saturated carbocycles. The van der Waals surface area contributed by atoms with Gasteiger partial charge in [0.05, 0.1) is 61.2 Å². The molecule has 5 amide bonds. The van der Waals surface area contributed by atoms with Crippen LogP contribution in [0.1, 0.15) is 111 Å². The van der Waals surface area contributed by atoms with Gasteiger partial charge in [-0.2, -0.15) is 0 Å². The summed E-state index contributed by atoms with van der Waals surface area (Å²) in [6, 6.07) is 18.0. The van der Waals surface area contributed by atoms with E-state index in [1.54, 1.807) is 65.8 Å². The monoisotopic (exact) mass is 1530 g/mol. The molecule has 0 radical (unpaired) electrons. The number of fused-ring (bicyclic) bond motifs is 4. The van der Waals surface area contributed by atoms with E-state index in [1.165, 1.54) is 107 Å². The van der Waals surface area contributed by atoms with Crippen molar-refractivity contribution in [1.29, 1.82) is 0 Å². The summed E-state index contributed by atoms with van der Waals surface area (Å²) in [4.78, 5) is 101. The van der Waals surface area contributed by atoms with Crippen LogP contribution < -0.4 is 44.4 Å². The van der Waals surface area contributed by atoms with Crippen LogP contribution in [-0.2, 0) is 48.5 Å². The highest BCUT2D eigenvalue weighted by atomic mass is 35.5. The molecular formula is C72H86ClN9O24S. The number of pyridine rings is 1. The molecule has 35 heteroatoms. The number of nitrogens with one attached hydrogen (secondary N) is 1. The fourth-order valence-electron chi connectivity index (χ4n) is 12.8. The molecule has 33 nitrogen and oxygen atoms in total. The minimum Gasteiger partial charge on any atom is -0.497 e. The fourth-order valence-corrected chi connectivity index (χ4v) is 13.9. The van der Waals surface area contributed by atoms with Gasteiger partial charge < -0.3 is 102 Å². The molecule has 0 spiro atoms. The molecular weight excluding hydrogens is 1440 g/mol. The summed E-state index contributed by atoms with van der Waals surface area (Å²) >= 11 is 6.42. The van der Waals surface area contributed by atoms with Gasteiger partial charge in [0, 0.05) is 104 Å². The van der Waals surface area contributed by atoms with Crippen molar-refractivity contribution in [2.24, 2.45) is 17.0 Å². The quantitative estimate of drug-likeness (QED) is 0.0134. The molecule has 576 valence electrons. The molecule has 0 bridgehead atoms. The number of aromatic nitrogens is 2. The minimum atomic E-state index is -5.44. The van der Waals surface area contributed by atoms with Crippen molar-refractivity contribution in [3.8, 4) is 28.7 Å². The number of Topliss-reactive ketones (excluding diaryl/α,β-unsaturated/α-hetero) is 1. The number of benzene rings is 4. The van der Waals surface area contributed by atoms with Gasteiger partial charge in [0.2, 0.25) is 12.1 Å². The van der Waals surface area contributed by atoms with Crippen molar-refractivity contribution in [3.05, 3.63) is 138 Å². The molecule has 0 aliphatic carbocycles. The van der Waals surface area contributed by atoms with Crippen LogP contribution in [0.2, 0.25) is 0 Å². The Balaban J connectivity index is 0.871. The van der Waals surface area contributed by atoms with E-state index in [2.05, 4.69) is 10.3 Å². The Labute approximate surface area is 619 Å². The highest BCUT2D eigenvalue weighted by molar-refractivity contribution is 7.82. The third-order valence-electron chi connectivity index (χ3n) is 18.0.